The third kappa shape index (κ3) is 5.97. The minimum Gasteiger partial charge on any atom is -0.493 e. The highest BCUT2D eigenvalue weighted by molar-refractivity contribution is 5.83. The first-order valence-electron chi connectivity index (χ1n) is 7.71. The van der Waals surface area contributed by atoms with E-state index in [1.807, 2.05) is 13.0 Å². The van der Waals surface area contributed by atoms with Crippen LogP contribution in [0.2, 0.25) is 0 Å². The predicted octanol–water partition coefficient (Wildman–Crippen LogP) is 1.75. The summed E-state index contributed by atoms with van der Waals surface area (Å²) in [6.07, 6.45) is 0. The van der Waals surface area contributed by atoms with Crippen LogP contribution in [0.25, 0.3) is 0 Å². The molecule has 2 aromatic rings. The van der Waals surface area contributed by atoms with E-state index < -0.39 is 17.6 Å². The molecule has 0 aliphatic heterocycles. The molecule has 0 atom stereocenters. The molecule has 2 N–H and O–H groups in total. The van der Waals surface area contributed by atoms with Crippen molar-refractivity contribution in [2.75, 3.05) is 20.3 Å². The molecule has 0 aromatic heterocycles. The van der Waals surface area contributed by atoms with Gasteiger partial charge in [-0.25, -0.2) is 4.39 Å². The number of methoxy groups -OCH3 is 1. The molecule has 0 radical (unpaired) electrons. The fourth-order valence-corrected chi connectivity index (χ4v) is 1.93. The molecule has 2 rings (SSSR count). The summed E-state index contributed by atoms with van der Waals surface area (Å²) < 4.78 is 28.4. The number of amides is 2. The number of carbonyl (C=O) groups excluding carboxylic acids is 2. The summed E-state index contributed by atoms with van der Waals surface area (Å²) in [7, 11) is 1.50. The largest absolute Gasteiger partial charge is 0.493 e. The topological polar surface area (TPSA) is 85.9 Å². The number of aryl methyl sites for hydroxylation is 1. The Bertz CT molecular complexity index is 765. The van der Waals surface area contributed by atoms with Gasteiger partial charge >= 0.3 is 0 Å². The lowest BCUT2D eigenvalue weighted by molar-refractivity contribution is -0.131. The third-order valence-corrected chi connectivity index (χ3v) is 3.20. The lowest BCUT2D eigenvalue weighted by Gasteiger charge is -2.12. The average Bonchev–Trinajstić information content (AvgIpc) is 2.64. The van der Waals surface area contributed by atoms with Crippen LogP contribution in [0.5, 0.6) is 17.2 Å². The van der Waals surface area contributed by atoms with Crippen molar-refractivity contribution < 1.29 is 28.2 Å². The van der Waals surface area contributed by atoms with Crippen molar-refractivity contribution in [1.82, 2.24) is 10.9 Å². The third-order valence-electron chi connectivity index (χ3n) is 3.20. The molecular weight excluding hydrogens is 343 g/mol. The average molecular weight is 362 g/mol. The first kappa shape index (κ1) is 19.0. The molecule has 0 bridgehead atoms. The Morgan fingerprint density at radius 2 is 1.54 bits per heavy atom. The molecule has 0 unspecified atom stereocenters. The van der Waals surface area contributed by atoms with Crippen molar-refractivity contribution in [3.05, 3.63) is 53.8 Å². The van der Waals surface area contributed by atoms with Crippen molar-refractivity contribution in [3.8, 4) is 17.2 Å². The Balaban J connectivity index is 1.71. The highest BCUT2D eigenvalue weighted by atomic mass is 19.1. The van der Waals surface area contributed by atoms with Gasteiger partial charge < -0.3 is 14.2 Å². The van der Waals surface area contributed by atoms with E-state index in [4.69, 9.17) is 14.2 Å². The molecule has 0 aliphatic carbocycles. The second kappa shape index (κ2) is 9.26. The summed E-state index contributed by atoms with van der Waals surface area (Å²) in [5.74, 6) is -0.269. The van der Waals surface area contributed by atoms with Crippen LogP contribution in [0.1, 0.15) is 5.56 Å². The van der Waals surface area contributed by atoms with Crippen LogP contribution in [0.3, 0.4) is 0 Å². The minimum absolute atomic E-state index is 0.307. The van der Waals surface area contributed by atoms with Gasteiger partial charge in [0.05, 0.1) is 7.11 Å². The SMILES string of the molecule is COc1cc(C)ccc1OCC(=O)NNC(=O)COc1ccc(F)cc1. The standard InChI is InChI=1S/C18H19FN2O5/c1-12-3-8-15(16(9-12)24-2)26-11-18(23)21-20-17(22)10-25-14-6-4-13(19)5-7-14/h3-9H,10-11H2,1-2H3,(H,20,22)(H,21,23). The zero-order valence-corrected chi connectivity index (χ0v) is 14.4. The molecule has 26 heavy (non-hydrogen) atoms. The number of hydrazine groups is 1. The van der Waals surface area contributed by atoms with Crippen LogP contribution in [-0.2, 0) is 9.59 Å². The van der Waals surface area contributed by atoms with Crippen molar-refractivity contribution in [1.29, 1.82) is 0 Å². The monoisotopic (exact) mass is 362 g/mol. The predicted molar refractivity (Wildman–Crippen MR) is 91.4 cm³/mol. The van der Waals surface area contributed by atoms with Gasteiger partial charge in [0.25, 0.3) is 11.8 Å². The van der Waals surface area contributed by atoms with E-state index in [1.54, 1.807) is 12.1 Å². The number of nitrogens with one attached hydrogen (secondary N) is 2. The zero-order valence-electron chi connectivity index (χ0n) is 14.4. The number of halogens is 1. The number of carbonyl (C=O) groups is 2. The van der Waals surface area contributed by atoms with Gasteiger partial charge in [0.15, 0.2) is 24.7 Å². The second-order valence-electron chi connectivity index (χ2n) is 5.28. The molecule has 138 valence electrons. The molecule has 0 saturated heterocycles. The van der Waals surface area contributed by atoms with Crippen molar-refractivity contribution in [3.63, 3.8) is 0 Å². The van der Waals surface area contributed by atoms with Gasteiger partial charge in [-0.05, 0) is 48.9 Å². The Labute approximate surface area is 150 Å². The molecule has 0 spiro atoms. The highest BCUT2D eigenvalue weighted by Gasteiger charge is 2.09. The quantitative estimate of drug-likeness (QED) is 0.733. The van der Waals surface area contributed by atoms with Crippen LogP contribution < -0.4 is 25.1 Å². The van der Waals surface area contributed by atoms with Gasteiger partial charge in [-0.1, -0.05) is 6.07 Å². The van der Waals surface area contributed by atoms with E-state index in [9.17, 15) is 14.0 Å². The Morgan fingerprint density at radius 1 is 0.923 bits per heavy atom. The number of benzene rings is 2. The van der Waals surface area contributed by atoms with Gasteiger partial charge in [0, 0.05) is 0 Å². The number of hydrogen-bond acceptors (Lipinski definition) is 5. The molecule has 2 amide bonds. The van der Waals surface area contributed by atoms with Crippen LogP contribution >= 0.6 is 0 Å². The highest BCUT2D eigenvalue weighted by Crippen LogP contribution is 2.27. The molecular formula is C18H19FN2O5. The van der Waals surface area contributed by atoms with Gasteiger partial charge in [-0.2, -0.15) is 0 Å². The molecule has 2 aromatic carbocycles. The van der Waals surface area contributed by atoms with Crippen molar-refractivity contribution >= 4 is 11.8 Å². The van der Waals surface area contributed by atoms with Crippen molar-refractivity contribution in [2.45, 2.75) is 6.92 Å². The summed E-state index contributed by atoms with van der Waals surface area (Å²) in [5, 5.41) is 0. The Kier molecular flexibility index (Phi) is 6.78. The van der Waals surface area contributed by atoms with E-state index >= 15 is 0 Å². The van der Waals surface area contributed by atoms with Gasteiger partial charge in [-0.15, -0.1) is 0 Å². The smallest absolute Gasteiger partial charge is 0.276 e. The molecule has 0 fully saturated rings. The fourth-order valence-electron chi connectivity index (χ4n) is 1.93. The summed E-state index contributed by atoms with van der Waals surface area (Å²) in [5.41, 5.74) is 5.38. The summed E-state index contributed by atoms with van der Waals surface area (Å²) in [6, 6.07) is 10.5. The van der Waals surface area contributed by atoms with Gasteiger partial charge in [-0.3, -0.25) is 20.4 Å². The fraction of sp³-hybridized carbons (Fsp3) is 0.222. The summed E-state index contributed by atoms with van der Waals surface area (Å²) in [4.78, 5) is 23.3. The Morgan fingerprint density at radius 3 is 2.15 bits per heavy atom. The van der Waals surface area contributed by atoms with E-state index in [0.717, 1.165) is 5.56 Å². The lowest BCUT2D eigenvalue weighted by atomic mass is 10.2. The maximum absolute atomic E-state index is 12.8. The van der Waals surface area contributed by atoms with Crippen LogP contribution in [-0.4, -0.2) is 32.1 Å². The molecule has 8 heteroatoms. The molecule has 0 saturated carbocycles. The zero-order chi connectivity index (χ0) is 18.9. The second-order valence-corrected chi connectivity index (χ2v) is 5.28. The molecule has 7 nitrogen and oxygen atoms in total. The van der Waals surface area contributed by atoms with Crippen LogP contribution in [0, 0.1) is 12.7 Å². The first-order valence-corrected chi connectivity index (χ1v) is 7.71. The van der Waals surface area contributed by atoms with Crippen LogP contribution in [0.15, 0.2) is 42.5 Å². The van der Waals surface area contributed by atoms with Crippen LogP contribution in [0.4, 0.5) is 4.39 Å². The maximum atomic E-state index is 12.8. The number of ether oxygens (including phenoxy) is 3. The van der Waals surface area contributed by atoms with Gasteiger partial charge in [0.2, 0.25) is 0 Å². The molecule has 0 aliphatic rings. The number of rotatable bonds is 7. The van der Waals surface area contributed by atoms with E-state index in [2.05, 4.69) is 10.9 Å². The first-order chi connectivity index (χ1) is 12.5. The van der Waals surface area contributed by atoms with E-state index in [-0.39, 0.29) is 13.2 Å². The van der Waals surface area contributed by atoms with Crippen molar-refractivity contribution in [2.24, 2.45) is 0 Å². The minimum atomic E-state index is -0.574. The lowest BCUT2D eigenvalue weighted by Crippen LogP contribution is -2.45. The molecule has 0 heterocycles. The van der Waals surface area contributed by atoms with Gasteiger partial charge in [0.1, 0.15) is 11.6 Å². The summed E-state index contributed by atoms with van der Waals surface area (Å²) in [6.45, 7) is 1.26. The van der Waals surface area contributed by atoms with E-state index in [1.165, 1.54) is 31.4 Å². The maximum Gasteiger partial charge on any atom is 0.276 e. The number of hydrogen-bond donors (Lipinski definition) is 2. The summed E-state index contributed by atoms with van der Waals surface area (Å²) >= 11 is 0. The Hall–Kier alpha value is -3.29. The normalized spacial score (nSPS) is 9.96. The van der Waals surface area contributed by atoms with E-state index in [0.29, 0.717) is 17.2 Å².